The van der Waals surface area contributed by atoms with E-state index in [1.807, 2.05) is 0 Å². The maximum absolute atomic E-state index is 13.5. The summed E-state index contributed by atoms with van der Waals surface area (Å²) in [6.07, 6.45) is 0. The summed E-state index contributed by atoms with van der Waals surface area (Å²) in [7, 11) is 0. The molecule has 0 aliphatic carbocycles. The van der Waals surface area contributed by atoms with Crippen LogP contribution in [0.2, 0.25) is 0 Å². The fourth-order valence-electron chi connectivity index (χ4n) is 1.79. The van der Waals surface area contributed by atoms with Crippen LogP contribution in [0.1, 0.15) is 10.4 Å². The monoisotopic (exact) mass is 308 g/mol. The molecule has 0 spiro atoms. The van der Waals surface area contributed by atoms with Gasteiger partial charge in [0.05, 0.1) is 15.8 Å². The van der Waals surface area contributed by atoms with Crippen molar-refractivity contribution >= 4 is 32.6 Å². The number of nitrogens with zero attached hydrogens (tertiary/aromatic N) is 1. The molecule has 0 saturated carbocycles. The number of thiazole rings is 1. The number of carbonyl (C=O) groups is 1. The van der Waals surface area contributed by atoms with Crippen LogP contribution in [0.3, 0.4) is 0 Å². The Hall–Kier alpha value is -2.41. The van der Waals surface area contributed by atoms with Gasteiger partial charge in [0.2, 0.25) is 0 Å². The van der Waals surface area contributed by atoms with Crippen LogP contribution >= 0.6 is 11.3 Å². The van der Waals surface area contributed by atoms with E-state index < -0.39 is 28.9 Å². The summed E-state index contributed by atoms with van der Waals surface area (Å²) < 4.78 is 40.2. The number of hydrogen-bond acceptors (Lipinski definition) is 3. The van der Waals surface area contributed by atoms with Crippen molar-refractivity contribution in [1.82, 2.24) is 4.98 Å². The predicted octanol–water partition coefficient (Wildman–Crippen LogP) is 3.97. The Kier molecular flexibility index (Phi) is 3.34. The Labute approximate surface area is 121 Å². The maximum Gasteiger partial charge on any atom is 0.260 e. The molecule has 1 heterocycles. The predicted molar refractivity (Wildman–Crippen MR) is 73.9 cm³/mol. The Balaban J connectivity index is 1.90. The second-order valence-corrected chi connectivity index (χ2v) is 5.24. The Bertz CT molecular complexity index is 847. The Morgan fingerprint density at radius 2 is 1.76 bits per heavy atom. The van der Waals surface area contributed by atoms with Crippen LogP contribution in [-0.2, 0) is 0 Å². The van der Waals surface area contributed by atoms with Crippen LogP contribution in [0, 0.1) is 17.5 Å². The number of benzene rings is 2. The molecule has 3 aromatic rings. The van der Waals surface area contributed by atoms with E-state index in [9.17, 15) is 18.0 Å². The summed E-state index contributed by atoms with van der Waals surface area (Å²) in [5.74, 6) is -2.78. The van der Waals surface area contributed by atoms with Gasteiger partial charge >= 0.3 is 0 Å². The zero-order chi connectivity index (χ0) is 15.0. The van der Waals surface area contributed by atoms with Gasteiger partial charge in [-0.3, -0.25) is 10.1 Å². The molecule has 0 atom stereocenters. The maximum atomic E-state index is 13.5. The van der Waals surface area contributed by atoms with E-state index in [2.05, 4.69) is 10.3 Å². The number of hydrogen-bond donors (Lipinski definition) is 1. The normalized spacial score (nSPS) is 10.8. The number of amides is 1. The van der Waals surface area contributed by atoms with E-state index in [0.29, 0.717) is 10.2 Å². The molecule has 3 rings (SSSR count). The minimum atomic E-state index is -0.832. The third-order valence-electron chi connectivity index (χ3n) is 2.74. The second kappa shape index (κ2) is 5.17. The molecule has 1 amide bonds. The molecule has 1 aromatic heterocycles. The summed E-state index contributed by atoms with van der Waals surface area (Å²) in [4.78, 5) is 16.0. The standard InChI is InChI=1S/C14H7F3N2OS/c15-7-1-3-10(17)9(5-7)13(20)19-14-18-11-4-2-8(16)6-12(11)21-14/h1-6H,(H,18,19,20). The molecule has 0 aliphatic rings. The number of aromatic nitrogens is 1. The lowest BCUT2D eigenvalue weighted by molar-refractivity contribution is 0.102. The first kappa shape index (κ1) is 13.6. The highest BCUT2D eigenvalue weighted by Gasteiger charge is 2.15. The molecule has 0 fully saturated rings. The third-order valence-corrected chi connectivity index (χ3v) is 3.68. The summed E-state index contributed by atoms with van der Waals surface area (Å²) in [5.41, 5.74) is 0.0943. The summed E-state index contributed by atoms with van der Waals surface area (Å²) in [6, 6.07) is 6.60. The second-order valence-electron chi connectivity index (χ2n) is 4.21. The molecule has 2 aromatic carbocycles. The number of nitrogens with one attached hydrogen (secondary N) is 1. The molecule has 0 unspecified atom stereocenters. The van der Waals surface area contributed by atoms with Crippen LogP contribution < -0.4 is 5.32 Å². The number of anilines is 1. The molecule has 21 heavy (non-hydrogen) atoms. The van der Waals surface area contributed by atoms with Crippen LogP contribution in [0.5, 0.6) is 0 Å². The smallest absolute Gasteiger partial charge is 0.260 e. The van der Waals surface area contributed by atoms with E-state index in [1.165, 1.54) is 18.2 Å². The molecule has 7 heteroatoms. The van der Waals surface area contributed by atoms with Gasteiger partial charge in [-0.2, -0.15) is 0 Å². The van der Waals surface area contributed by atoms with Crippen molar-refractivity contribution in [2.45, 2.75) is 0 Å². The molecule has 0 bridgehead atoms. The highest BCUT2D eigenvalue weighted by Crippen LogP contribution is 2.27. The van der Waals surface area contributed by atoms with Crippen LogP contribution in [0.4, 0.5) is 18.3 Å². The highest BCUT2D eigenvalue weighted by atomic mass is 32.1. The molecular formula is C14H7F3N2OS. The number of carbonyl (C=O) groups excluding carboxylic acids is 1. The van der Waals surface area contributed by atoms with Gasteiger partial charge in [0.1, 0.15) is 17.5 Å². The fourth-order valence-corrected chi connectivity index (χ4v) is 2.67. The lowest BCUT2D eigenvalue weighted by Crippen LogP contribution is -2.13. The largest absolute Gasteiger partial charge is 0.298 e. The summed E-state index contributed by atoms with van der Waals surface area (Å²) in [6.45, 7) is 0. The van der Waals surface area contributed by atoms with Gasteiger partial charge in [-0.25, -0.2) is 18.2 Å². The first-order valence-electron chi connectivity index (χ1n) is 5.85. The van der Waals surface area contributed by atoms with Gasteiger partial charge in [-0.05, 0) is 36.4 Å². The molecule has 0 radical (unpaired) electrons. The quantitative estimate of drug-likeness (QED) is 0.778. The first-order valence-corrected chi connectivity index (χ1v) is 6.67. The number of halogens is 3. The van der Waals surface area contributed by atoms with Crippen molar-refractivity contribution in [2.75, 3.05) is 5.32 Å². The van der Waals surface area contributed by atoms with Gasteiger partial charge in [-0.1, -0.05) is 11.3 Å². The van der Waals surface area contributed by atoms with Crippen molar-refractivity contribution in [3.05, 3.63) is 59.4 Å². The van der Waals surface area contributed by atoms with Gasteiger partial charge in [0.25, 0.3) is 5.91 Å². The van der Waals surface area contributed by atoms with Gasteiger partial charge in [0, 0.05) is 0 Å². The average molecular weight is 308 g/mol. The van der Waals surface area contributed by atoms with Gasteiger partial charge < -0.3 is 0 Å². The van der Waals surface area contributed by atoms with E-state index in [4.69, 9.17) is 0 Å². The zero-order valence-electron chi connectivity index (χ0n) is 10.4. The minimum absolute atomic E-state index is 0.185. The molecule has 1 N–H and O–H groups in total. The van der Waals surface area contributed by atoms with Crippen molar-refractivity contribution in [2.24, 2.45) is 0 Å². The third kappa shape index (κ3) is 2.73. The molecule has 106 valence electrons. The van der Waals surface area contributed by atoms with E-state index >= 15 is 0 Å². The fraction of sp³-hybridized carbons (Fsp3) is 0. The van der Waals surface area contributed by atoms with Crippen LogP contribution in [0.25, 0.3) is 10.2 Å². The van der Waals surface area contributed by atoms with Crippen LogP contribution in [0.15, 0.2) is 36.4 Å². The summed E-state index contributed by atoms with van der Waals surface area (Å²) >= 11 is 1.05. The summed E-state index contributed by atoms with van der Waals surface area (Å²) in [5, 5.41) is 2.56. The average Bonchev–Trinajstić information content (AvgIpc) is 2.82. The topological polar surface area (TPSA) is 42.0 Å². The molecule has 3 nitrogen and oxygen atoms in total. The zero-order valence-corrected chi connectivity index (χ0v) is 11.2. The molecular weight excluding hydrogens is 301 g/mol. The van der Waals surface area contributed by atoms with E-state index in [-0.39, 0.29) is 5.13 Å². The van der Waals surface area contributed by atoms with E-state index in [1.54, 1.807) is 0 Å². The lowest BCUT2D eigenvalue weighted by atomic mass is 10.2. The number of rotatable bonds is 2. The SMILES string of the molecule is O=C(Nc1nc2ccc(F)cc2s1)c1cc(F)ccc1F. The minimum Gasteiger partial charge on any atom is -0.298 e. The van der Waals surface area contributed by atoms with Crippen LogP contribution in [-0.4, -0.2) is 10.9 Å². The first-order chi connectivity index (χ1) is 10.0. The number of fused-ring (bicyclic) bond motifs is 1. The lowest BCUT2D eigenvalue weighted by Gasteiger charge is -2.02. The van der Waals surface area contributed by atoms with Gasteiger partial charge in [-0.15, -0.1) is 0 Å². The van der Waals surface area contributed by atoms with Crippen molar-refractivity contribution in [3.63, 3.8) is 0 Å². The van der Waals surface area contributed by atoms with Crippen molar-refractivity contribution in [1.29, 1.82) is 0 Å². The van der Waals surface area contributed by atoms with Crippen molar-refractivity contribution in [3.8, 4) is 0 Å². The Morgan fingerprint density at radius 3 is 2.57 bits per heavy atom. The van der Waals surface area contributed by atoms with Gasteiger partial charge in [0.15, 0.2) is 5.13 Å². The van der Waals surface area contributed by atoms with E-state index in [0.717, 1.165) is 29.5 Å². The van der Waals surface area contributed by atoms with Crippen molar-refractivity contribution < 1.29 is 18.0 Å². The molecule has 0 aliphatic heterocycles. The molecule has 0 saturated heterocycles. The Morgan fingerprint density at radius 1 is 1.05 bits per heavy atom. The highest BCUT2D eigenvalue weighted by molar-refractivity contribution is 7.22.